The van der Waals surface area contributed by atoms with Crippen molar-refractivity contribution in [2.24, 2.45) is 5.92 Å². The predicted octanol–water partition coefficient (Wildman–Crippen LogP) is 13.9. The fourth-order valence-electron chi connectivity index (χ4n) is 13.0. The Kier molecular flexibility index (Phi) is 8.22. The zero-order chi connectivity index (χ0) is 42.1. The summed E-state index contributed by atoms with van der Waals surface area (Å²) in [6.07, 6.45) is 11.9. The highest BCUT2D eigenvalue weighted by atomic mass is 16.5. The highest BCUT2D eigenvalue weighted by Gasteiger charge is 2.68. The van der Waals surface area contributed by atoms with Gasteiger partial charge in [0.05, 0.1) is 5.54 Å². The average molecular weight is 807 g/mol. The van der Waals surface area contributed by atoms with Gasteiger partial charge in [-0.25, -0.2) is 0 Å². The molecule has 6 aromatic carbocycles. The Hall–Kier alpha value is -6.00. The van der Waals surface area contributed by atoms with Crippen LogP contribution in [-0.4, -0.2) is 18.0 Å². The molecule has 0 N–H and O–H groups in total. The molecule has 6 aliphatic rings. The normalized spacial score (nSPS) is 24.2. The molecular weight excluding hydrogens is 751 g/mol. The van der Waals surface area contributed by atoms with E-state index in [4.69, 9.17) is 4.74 Å². The molecule has 0 saturated carbocycles. The van der Waals surface area contributed by atoms with E-state index in [0.717, 1.165) is 31.4 Å². The molecule has 6 aromatic rings. The Labute approximate surface area is 368 Å². The van der Waals surface area contributed by atoms with Gasteiger partial charge in [0.1, 0.15) is 5.75 Å². The van der Waals surface area contributed by atoms with Crippen LogP contribution >= 0.6 is 0 Å². The predicted molar refractivity (Wildman–Crippen MR) is 261 cm³/mol. The molecule has 0 spiro atoms. The van der Waals surface area contributed by atoms with Crippen molar-refractivity contribution < 1.29 is 4.74 Å². The minimum atomic E-state index is -0.671. The van der Waals surface area contributed by atoms with E-state index in [-0.39, 0.29) is 18.2 Å². The number of hydrogen-bond acceptors (Lipinski definition) is 3. The Morgan fingerprint density at radius 2 is 1.37 bits per heavy atom. The van der Waals surface area contributed by atoms with E-state index in [1.54, 1.807) is 0 Å². The van der Waals surface area contributed by atoms with Crippen LogP contribution in [0.25, 0.3) is 27.8 Å². The lowest BCUT2D eigenvalue weighted by Crippen LogP contribution is -2.71. The van der Waals surface area contributed by atoms with Crippen LogP contribution in [0, 0.1) is 5.92 Å². The second kappa shape index (κ2) is 13.5. The number of para-hydroxylation sites is 2. The molecule has 4 atom stereocenters. The fraction of sp³-hybridized carbons (Fsp3) is 0.276. The van der Waals surface area contributed by atoms with Gasteiger partial charge in [-0.15, -0.1) is 0 Å². The molecule has 4 heteroatoms. The van der Waals surface area contributed by atoms with Gasteiger partial charge < -0.3 is 14.4 Å². The molecule has 4 heterocycles. The standard InChI is InChI=1S/C58H55BN2O/c1-7-9-19-38-27-30-47-46(34-38)56(4)32-31-37(3)51-54(56)57(5)55(52-44-25-17-18-26-50(44)62-58(51,52)6)59-53-45(33-39(20-10-8-2)35-49(53)60(47)57)43-29-28-41(40-21-13-11-14-22-40)36-48(43)61(59)42-23-15-12-16-24-42/h11-18,21-37H,7-10,19-20H2,1-6H3. The summed E-state index contributed by atoms with van der Waals surface area (Å²) in [7, 11) is 0. The number of ether oxygens (including phenoxy) is 1. The molecule has 4 aliphatic heterocycles. The SMILES string of the molecule is CCCCc1cc2c3c(c1)N1c4ccc(CCCC)cc4C4(C)C=CC(C)C5=C4C1(C)C(=C1c4ccccc4OC15C)B3N(c1ccccc1)c1cc(-c3ccccc3)ccc1-2. The average Bonchev–Trinajstić information content (AvgIpc) is 3.61. The van der Waals surface area contributed by atoms with Crippen LogP contribution in [0.2, 0.25) is 0 Å². The zero-order valence-electron chi connectivity index (χ0n) is 37.1. The van der Waals surface area contributed by atoms with Crippen molar-refractivity contribution in [2.75, 3.05) is 9.71 Å². The lowest BCUT2D eigenvalue weighted by Gasteiger charge is -2.65. The van der Waals surface area contributed by atoms with Gasteiger partial charge in [-0.2, -0.15) is 0 Å². The summed E-state index contributed by atoms with van der Waals surface area (Å²) >= 11 is 0. The van der Waals surface area contributed by atoms with Gasteiger partial charge >= 0.3 is 6.85 Å². The molecule has 0 amide bonds. The maximum atomic E-state index is 7.54. The van der Waals surface area contributed by atoms with E-state index >= 15 is 0 Å². The lowest BCUT2D eigenvalue weighted by atomic mass is 9.33. The summed E-state index contributed by atoms with van der Waals surface area (Å²) in [4.78, 5) is 5.56. The number of allylic oxidation sites excluding steroid dienone is 2. The second-order valence-electron chi connectivity index (χ2n) is 19.3. The number of aryl methyl sites for hydroxylation is 2. The molecule has 0 aromatic heterocycles. The number of unbranched alkanes of at least 4 members (excludes halogenated alkanes) is 2. The van der Waals surface area contributed by atoms with Gasteiger partial charge in [0, 0.05) is 44.9 Å². The maximum absolute atomic E-state index is 7.54. The number of nitrogens with zero attached hydrogens (tertiary/aromatic N) is 2. The molecule has 306 valence electrons. The van der Waals surface area contributed by atoms with E-state index in [9.17, 15) is 0 Å². The first-order valence-corrected chi connectivity index (χ1v) is 23.3. The number of benzene rings is 6. The first kappa shape index (κ1) is 37.7. The summed E-state index contributed by atoms with van der Waals surface area (Å²) < 4.78 is 7.54. The maximum Gasteiger partial charge on any atom is 0.329 e. The molecule has 0 bridgehead atoms. The highest BCUT2D eigenvalue weighted by Crippen LogP contribution is 2.69. The summed E-state index contributed by atoms with van der Waals surface area (Å²) in [5, 5.41) is 0. The van der Waals surface area contributed by atoms with E-state index in [1.807, 2.05) is 0 Å². The minimum Gasteiger partial charge on any atom is -0.478 e. The van der Waals surface area contributed by atoms with Crippen molar-refractivity contribution in [3.05, 3.63) is 184 Å². The third-order valence-corrected chi connectivity index (χ3v) is 15.6. The van der Waals surface area contributed by atoms with Crippen molar-refractivity contribution >= 4 is 40.6 Å². The summed E-state index contributed by atoms with van der Waals surface area (Å²) in [5.74, 6) is 1.17. The third kappa shape index (κ3) is 4.90. The zero-order valence-corrected chi connectivity index (χ0v) is 37.1. The smallest absolute Gasteiger partial charge is 0.329 e. The van der Waals surface area contributed by atoms with Crippen LogP contribution in [-0.2, 0) is 18.3 Å². The molecule has 0 radical (unpaired) electrons. The molecule has 0 saturated heterocycles. The van der Waals surface area contributed by atoms with Gasteiger partial charge in [0.25, 0.3) is 0 Å². The van der Waals surface area contributed by atoms with Crippen molar-refractivity contribution in [2.45, 2.75) is 96.6 Å². The van der Waals surface area contributed by atoms with Crippen LogP contribution in [0.3, 0.4) is 0 Å². The number of rotatable bonds is 8. The largest absolute Gasteiger partial charge is 0.478 e. The van der Waals surface area contributed by atoms with Gasteiger partial charge in [-0.1, -0.05) is 143 Å². The van der Waals surface area contributed by atoms with Gasteiger partial charge in [-0.05, 0) is 144 Å². The van der Waals surface area contributed by atoms with Gasteiger partial charge in [0.15, 0.2) is 5.60 Å². The van der Waals surface area contributed by atoms with Crippen molar-refractivity contribution in [1.82, 2.24) is 0 Å². The topological polar surface area (TPSA) is 15.7 Å². The Bertz CT molecular complexity index is 2950. The van der Waals surface area contributed by atoms with Crippen molar-refractivity contribution in [3.8, 4) is 28.0 Å². The number of hydrogen-bond donors (Lipinski definition) is 0. The number of fused-ring (bicyclic) bond motifs is 11. The second-order valence-corrected chi connectivity index (χ2v) is 19.3. The Morgan fingerprint density at radius 3 is 2.15 bits per heavy atom. The summed E-state index contributed by atoms with van der Waals surface area (Å²) in [6.45, 7) is 14.5. The van der Waals surface area contributed by atoms with Crippen LogP contribution < -0.4 is 19.9 Å². The van der Waals surface area contributed by atoms with Crippen LogP contribution in [0.5, 0.6) is 5.75 Å². The molecular formula is C58H55BN2O. The van der Waals surface area contributed by atoms with E-state index in [1.165, 1.54) is 108 Å². The van der Waals surface area contributed by atoms with Gasteiger partial charge in [-0.3, -0.25) is 0 Å². The molecule has 4 unspecified atom stereocenters. The molecule has 62 heavy (non-hydrogen) atoms. The van der Waals surface area contributed by atoms with Crippen molar-refractivity contribution in [1.29, 1.82) is 0 Å². The molecule has 2 aliphatic carbocycles. The highest BCUT2D eigenvalue weighted by molar-refractivity contribution is 6.89. The minimum absolute atomic E-state index is 0.114. The van der Waals surface area contributed by atoms with E-state index in [2.05, 4.69) is 197 Å². The lowest BCUT2D eigenvalue weighted by molar-refractivity contribution is 0.185. The quantitative estimate of drug-likeness (QED) is 0.113. The third-order valence-electron chi connectivity index (χ3n) is 15.6. The van der Waals surface area contributed by atoms with E-state index in [0.29, 0.717) is 0 Å². The summed E-state index contributed by atoms with van der Waals surface area (Å²) in [6, 6.07) is 51.0. The summed E-state index contributed by atoms with van der Waals surface area (Å²) in [5.41, 5.74) is 21.3. The fourth-order valence-corrected chi connectivity index (χ4v) is 13.0. The Morgan fingerprint density at radius 1 is 0.645 bits per heavy atom. The first-order valence-electron chi connectivity index (χ1n) is 23.3. The molecule has 3 nitrogen and oxygen atoms in total. The van der Waals surface area contributed by atoms with Crippen LogP contribution in [0.4, 0.5) is 22.7 Å². The number of anilines is 4. The first-order chi connectivity index (χ1) is 30.2. The van der Waals surface area contributed by atoms with Crippen LogP contribution in [0.1, 0.15) is 89.5 Å². The van der Waals surface area contributed by atoms with E-state index < -0.39 is 11.1 Å². The van der Waals surface area contributed by atoms with Crippen LogP contribution in [0.15, 0.2) is 162 Å². The van der Waals surface area contributed by atoms with Gasteiger partial charge in [0.2, 0.25) is 0 Å². The van der Waals surface area contributed by atoms with Crippen molar-refractivity contribution in [3.63, 3.8) is 0 Å². The molecule has 0 fully saturated rings. The molecule has 12 rings (SSSR count). The Balaban J connectivity index is 1.28. The monoisotopic (exact) mass is 806 g/mol.